The molecule has 0 radical (unpaired) electrons. The van der Waals surface area contributed by atoms with Crippen LogP contribution in [0.25, 0.3) is 0 Å². The highest BCUT2D eigenvalue weighted by molar-refractivity contribution is 6.34. The van der Waals surface area contributed by atoms with Gasteiger partial charge in [0.1, 0.15) is 11.5 Å². The number of allylic oxidation sites excluding steroid dienone is 1. The standard InChI is InChI=1S/C17H18ClFN2O4/c1-8(2)14-15(22)21(17(24)20(14)5)13-6-10(11(18)7-12(13)19)16(23)25-9(3)4/h6-7,9H,1-5H3. The van der Waals surface area contributed by atoms with Crippen molar-refractivity contribution in [2.75, 3.05) is 11.9 Å². The molecule has 0 aliphatic carbocycles. The van der Waals surface area contributed by atoms with E-state index in [0.717, 1.165) is 17.0 Å². The van der Waals surface area contributed by atoms with Gasteiger partial charge < -0.3 is 4.74 Å². The third-order valence-corrected chi connectivity index (χ3v) is 3.85. The van der Waals surface area contributed by atoms with Crippen molar-refractivity contribution < 1.29 is 23.5 Å². The molecule has 1 aromatic carbocycles. The number of amides is 3. The minimum Gasteiger partial charge on any atom is -0.459 e. The molecule has 0 saturated carbocycles. The van der Waals surface area contributed by atoms with E-state index < -0.39 is 29.8 Å². The predicted octanol–water partition coefficient (Wildman–Crippen LogP) is 3.74. The second-order valence-electron chi connectivity index (χ2n) is 6.07. The Labute approximate surface area is 149 Å². The van der Waals surface area contributed by atoms with Crippen LogP contribution in [-0.2, 0) is 9.53 Å². The number of ether oxygens (including phenoxy) is 1. The van der Waals surface area contributed by atoms with Gasteiger partial charge in [0.15, 0.2) is 0 Å². The van der Waals surface area contributed by atoms with Crippen molar-refractivity contribution in [3.63, 3.8) is 0 Å². The van der Waals surface area contributed by atoms with Crippen molar-refractivity contribution >= 4 is 35.2 Å². The van der Waals surface area contributed by atoms with Gasteiger partial charge >= 0.3 is 12.0 Å². The molecule has 8 heteroatoms. The van der Waals surface area contributed by atoms with Gasteiger partial charge in [-0.15, -0.1) is 0 Å². The molecule has 1 aliphatic rings. The quantitative estimate of drug-likeness (QED) is 0.463. The average molecular weight is 369 g/mol. The Morgan fingerprint density at radius 2 is 1.84 bits per heavy atom. The molecule has 1 fully saturated rings. The van der Waals surface area contributed by atoms with Crippen LogP contribution < -0.4 is 4.90 Å². The maximum Gasteiger partial charge on any atom is 0.339 e. The zero-order valence-corrected chi connectivity index (χ0v) is 15.3. The monoisotopic (exact) mass is 368 g/mol. The summed E-state index contributed by atoms with van der Waals surface area (Å²) in [5, 5.41) is -0.165. The van der Waals surface area contributed by atoms with Crippen LogP contribution in [0.5, 0.6) is 0 Å². The van der Waals surface area contributed by atoms with E-state index >= 15 is 0 Å². The minimum absolute atomic E-state index is 0.124. The molecule has 1 aromatic rings. The maximum atomic E-state index is 14.4. The van der Waals surface area contributed by atoms with Crippen molar-refractivity contribution in [3.8, 4) is 0 Å². The second kappa shape index (κ2) is 6.84. The van der Waals surface area contributed by atoms with Gasteiger partial charge in [0.2, 0.25) is 0 Å². The second-order valence-corrected chi connectivity index (χ2v) is 6.48. The van der Waals surface area contributed by atoms with E-state index in [1.165, 1.54) is 7.05 Å². The van der Waals surface area contributed by atoms with Crippen LogP contribution in [0.3, 0.4) is 0 Å². The van der Waals surface area contributed by atoms with Crippen LogP contribution in [-0.4, -0.2) is 36.0 Å². The highest BCUT2D eigenvalue weighted by Crippen LogP contribution is 2.33. The van der Waals surface area contributed by atoms with Crippen LogP contribution in [0.15, 0.2) is 23.4 Å². The van der Waals surface area contributed by atoms with Gasteiger partial charge in [-0.1, -0.05) is 11.6 Å². The number of rotatable bonds is 3. The molecule has 0 spiro atoms. The molecule has 0 bridgehead atoms. The Morgan fingerprint density at radius 3 is 2.32 bits per heavy atom. The lowest BCUT2D eigenvalue weighted by Gasteiger charge is -2.16. The Kier molecular flexibility index (Phi) is 5.17. The number of benzene rings is 1. The van der Waals surface area contributed by atoms with E-state index in [9.17, 15) is 18.8 Å². The maximum absolute atomic E-state index is 14.4. The number of nitrogens with zero attached hydrogens (tertiary/aromatic N) is 2. The van der Waals surface area contributed by atoms with Gasteiger partial charge in [-0.25, -0.2) is 18.9 Å². The summed E-state index contributed by atoms with van der Waals surface area (Å²) in [6.07, 6.45) is -0.407. The fraction of sp³-hybridized carbons (Fsp3) is 0.353. The van der Waals surface area contributed by atoms with E-state index in [4.69, 9.17) is 16.3 Å². The van der Waals surface area contributed by atoms with Crippen LogP contribution >= 0.6 is 11.6 Å². The first-order chi connectivity index (χ1) is 11.6. The first-order valence-electron chi connectivity index (χ1n) is 7.55. The fourth-order valence-corrected chi connectivity index (χ4v) is 2.71. The lowest BCUT2D eigenvalue weighted by Crippen LogP contribution is -2.32. The number of imide groups is 1. The summed E-state index contributed by atoms with van der Waals surface area (Å²) in [5.74, 6) is -2.33. The molecule has 25 heavy (non-hydrogen) atoms. The molecule has 1 heterocycles. The lowest BCUT2D eigenvalue weighted by molar-refractivity contribution is -0.114. The molecule has 0 atom stereocenters. The fourth-order valence-electron chi connectivity index (χ4n) is 2.49. The zero-order valence-electron chi connectivity index (χ0n) is 14.5. The summed E-state index contributed by atoms with van der Waals surface area (Å²) < 4.78 is 19.4. The number of hydrogen-bond donors (Lipinski definition) is 0. The third kappa shape index (κ3) is 3.37. The zero-order chi connectivity index (χ0) is 19.0. The van der Waals surface area contributed by atoms with Crippen molar-refractivity contribution in [1.29, 1.82) is 0 Å². The Hall–Kier alpha value is -2.41. The minimum atomic E-state index is -0.892. The van der Waals surface area contributed by atoms with E-state index in [0.29, 0.717) is 10.5 Å². The Bertz CT molecular complexity index is 800. The molecular weight excluding hydrogens is 351 g/mol. The van der Waals surface area contributed by atoms with Gasteiger partial charge in [0.25, 0.3) is 5.91 Å². The van der Waals surface area contributed by atoms with Crippen molar-refractivity contribution in [1.82, 2.24) is 4.90 Å². The van der Waals surface area contributed by atoms with Crippen LogP contribution in [0.1, 0.15) is 38.1 Å². The predicted molar refractivity (Wildman–Crippen MR) is 91.0 cm³/mol. The van der Waals surface area contributed by atoms with Crippen LogP contribution in [0, 0.1) is 5.82 Å². The number of likely N-dealkylation sites (N-methyl/N-ethyl adjacent to an activating group) is 1. The molecule has 1 saturated heterocycles. The lowest BCUT2D eigenvalue weighted by atomic mass is 10.1. The number of carbonyl (C=O) groups excluding carboxylic acids is 3. The topological polar surface area (TPSA) is 66.9 Å². The molecule has 1 aliphatic heterocycles. The molecule has 0 aromatic heterocycles. The summed E-state index contributed by atoms with van der Waals surface area (Å²) in [7, 11) is 1.42. The van der Waals surface area contributed by atoms with Crippen LogP contribution in [0.2, 0.25) is 5.02 Å². The average Bonchev–Trinajstić information content (AvgIpc) is 2.69. The molecule has 6 nitrogen and oxygen atoms in total. The number of carbonyl (C=O) groups is 3. The smallest absolute Gasteiger partial charge is 0.339 e. The summed E-state index contributed by atoms with van der Waals surface area (Å²) >= 11 is 5.92. The van der Waals surface area contributed by atoms with E-state index in [-0.39, 0.29) is 22.0 Å². The normalized spacial score (nSPS) is 14.6. The van der Waals surface area contributed by atoms with Gasteiger partial charge in [-0.3, -0.25) is 9.69 Å². The number of esters is 1. The molecule has 134 valence electrons. The third-order valence-electron chi connectivity index (χ3n) is 3.53. The highest BCUT2D eigenvalue weighted by atomic mass is 35.5. The molecule has 0 N–H and O–H groups in total. The number of hydrogen-bond acceptors (Lipinski definition) is 4. The number of halogens is 2. The number of anilines is 1. The van der Waals surface area contributed by atoms with Gasteiger partial charge in [0, 0.05) is 7.05 Å². The van der Waals surface area contributed by atoms with Crippen molar-refractivity contribution in [2.45, 2.75) is 33.8 Å². The molecular formula is C17H18ClFN2O4. The van der Waals surface area contributed by atoms with Crippen molar-refractivity contribution in [2.24, 2.45) is 0 Å². The van der Waals surface area contributed by atoms with E-state index in [2.05, 4.69) is 0 Å². The van der Waals surface area contributed by atoms with Gasteiger partial charge in [-0.2, -0.15) is 0 Å². The summed E-state index contributed by atoms with van der Waals surface area (Å²) in [6, 6.07) is 1.22. The summed E-state index contributed by atoms with van der Waals surface area (Å²) in [6.45, 7) is 6.65. The first-order valence-corrected chi connectivity index (χ1v) is 7.93. The SMILES string of the molecule is CC(C)=C1C(=O)N(c2cc(C(=O)OC(C)C)c(Cl)cc2F)C(=O)N1C. The van der Waals surface area contributed by atoms with Gasteiger partial charge in [-0.05, 0) is 45.4 Å². The molecule has 3 amide bonds. The highest BCUT2D eigenvalue weighted by Gasteiger charge is 2.42. The Morgan fingerprint density at radius 1 is 1.24 bits per heavy atom. The van der Waals surface area contributed by atoms with E-state index in [1.54, 1.807) is 27.7 Å². The van der Waals surface area contributed by atoms with Crippen molar-refractivity contribution in [3.05, 3.63) is 39.8 Å². The van der Waals surface area contributed by atoms with E-state index in [1.807, 2.05) is 0 Å². The summed E-state index contributed by atoms with van der Waals surface area (Å²) in [5.41, 5.74) is 0.293. The summed E-state index contributed by atoms with van der Waals surface area (Å²) in [4.78, 5) is 38.9. The molecule has 2 rings (SSSR count). The van der Waals surface area contributed by atoms with Crippen LogP contribution in [0.4, 0.5) is 14.9 Å². The number of urea groups is 1. The van der Waals surface area contributed by atoms with Gasteiger partial charge in [0.05, 0.1) is 22.4 Å². The largest absolute Gasteiger partial charge is 0.459 e. The Balaban J connectivity index is 2.57. The molecule has 0 unspecified atom stereocenters. The first kappa shape index (κ1) is 18.9.